The predicted octanol–water partition coefficient (Wildman–Crippen LogP) is 2.86. The van der Waals surface area contributed by atoms with Crippen LogP contribution in [-0.4, -0.2) is 44.4 Å². The number of fused-ring (bicyclic) bond motifs is 2. The number of nitrogens with zero attached hydrogens (tertiary/aromatic N) is 4. The second-order valence-corrected chi connectivity index (χ2v) is 7.14. The third kappa shape index (κ3) is 3.99. The zero-order valence-electron chi connectivity index (χ0n) is 16.0. The van der Waals surface area contributed by atoms with Crippen molar-refractivity contribution < 1.29 is 14.6 Å². The number of aromatic nitrogens is 3. The van der Waals surface area contributed by atoms with Gasteiger partial charge < -0.3 is 9.84 Å². The monoisotopic (exact) mass is 380 g/mol. The number of hydrogen-bond acceptors (Lipinski definition) is 5. The fourth-order valence-electron chi connectivity index (χ4n) is 3.72. The van der Waals surface area contributed by atoms with Gasteiger partial charge in [0.15, 0.2) is 0 Å². The average molecular weight is 380 g/mol. The lowest BCUT2D eigenvalue weighted by Gasteiger charge is -2.19. The molecule has 1 N–H and O–H groups in total. The summed E-state index contributed by atoms with van der Waals surface area (Å²) in [5.74, 6) is -0.000933. The third-order valence-electron chi connectivity index (χ3n) is 5.09. The summed E-state index contributed by atoms with van der Waals surface area (Å²) in [7, 11) is 1.67. The summed E-state index contributed by atoms with van der Waals surface area (Å²) in [5.41, 5.74) is 3.89. The zero-order chi connectivity index (χ0) is 19.5. The molecule has 0 radical (unpaired) electrons. The maximum absolute atomic E-state index is 10.8. The number of carboxylic acids is 1. The van der Waals surface area contributed by atoms with E-state index in [-0.39, 0.29) is 6.42 Å². The van der Waals surface area contributed by atoms with Gasteiger partial charge in [0.05, 0.1) is 30.6 Å². The Balaban J connectivity index is 1.51. The molecular weight excluding hydrogens is 356 g/mol. The summed E-state index contributed by atoms with van der Waals surface area (Å²) in [6.45, 7) is 3.37. The molecule has 4 rings (SSSR count). The van der Waals surface area contributed by atoms with Crippen LogP contribution in [0.15, 0.2) is 36.4 Å². The molecule has 1 aromatic carbocycles. The van der Waals surface area contributed by atoms with E-state index in [4.69, 9.17) is 14.8 Å². The third-order valence-corrected chi connectivity index (χ3v) is 5.09. The molecule has 0 amide bonds. The van der Waals surface area contributed by atoms with E-state index in [1.54, 1.807) is 7.11 Å². The molecule has 7 heteroatoms. The molecule has 0 saturated carbocycles. The molecule has 0 bridgehead atoms. The Labute approximate surface area is 163 Å². The van der Waals surface area contributed by atoms with Gasteiger partial charge in [-0.2, -0.15) is 5.10 Å². The van der Waals surface area contributed by atoms with Crippen molar-refractivity contribution in [2.24, 2.45) is 0 Å². The standard InChI is InChI=1S/C21H24N4O3/c1-28-19-5-2-4-15-6-7-17(22-21(15)19)13-24-10-3-11-25-18(14-24)12-16(23-25)8-9-20(26)27/h2,4-7,12H,3,8-11,13-14H2,1H3,(H,26,27). The first-order valence-electron chi connectivity index (χ1n) is 9.55. The summed E-state index contributed by atoms with van der Waals surface area (Å²) in [5, 5.41) is 14.5. The number of carbonyl (C=O) groups is 1. The Hall–Kier alpha value is -2.93. The van der Waals surface area contributed by atoms with Crippen molar-refractivity contribution in [1.29, 1.82) is 0 Å². The minimum Gasteiger partial charge on any atom is -0.494 e. The van der Waals surface area contributed by atoms with Crippen LogP contribution in [0.4, 0.5) is 0 Å². The molecule has 2 aromatic heterocycles. The van der Waals surface area contributed by atoms with Crippen LogP contribution in [0.2, 0.25) is 0 Å². The van der Waals surface area contributed by atoms with Crippen LogP contribution in [0, 0.1) is 0 Å². The Kier molecular flexibility index (Phi) is 5.25. The van der Waals surface area contributed by atoms with Crippen LogP contribution in [0.3, 0.4) is 0 Å². The molecule has 1 aliphatic rings. The summed E-state index contributed by atoms with van der Waals surface area (Å²) in [4.78, 5) is 18.0. The normalized spacial score (nSPS) is 14.6. The first-order chi connectivity index (χ1) is 13.6. The summed E-state index contributed by atoms with van der Waals surface area (Å²) >= 11 is 0. The highest BCUT2D eigenvalue weighted by atomic mass is 16.5. The first-order valence-corrected chi connectivity index (χ1v) is 9.55. The molecular formula is C21H24N4O3. The highest BCUT2D eigenvalue weighted by Gasteiger charge is 2.18. The van der Waals surface area contributed by atoms with E-state index >= 15 is 0 Å². The number of aliphatic carboxylic acids is 1. The van der Waals surface area contributed by atoms with E-state index in [1.807, 2.05) is 28.9 Å². The van der Waals surface area contributed by atoms with Crippen LogP contribution in [0.5, 0.6) is 5.75 Å². The predicted molar refractivity (Wildman–Crippen MR) is 105 cm³/mol. The van der Waals surface area contributed by atoms with Crippen molar-refractivity contribution in [3.63, 3.8) is 0 Å². The van der Waals surface area contributed by atoms with E-state index in [9.17, 15) is 4.79 Å². The van der Waals surface area contributed by atoms with Gasteiger partial charge in [-0.25, -0.2) is 4.98 Å². The van der Waals surface area contributed by atoms with Gasteiger partial charge in [0, 0.05) is 38.0 Å². The van der Waals surface area contributed by atoms with E-state index < -0.39 is 5.97 Å². The van der Waals surface area contributed by atoms with Crippen LogP contribution in [-0.2, 0) is 30.8 Å². The molecule has 7 nitrogen and oxygen atoms in total. The summed E-state index contributed by atoms with van der Waals surface area (Å²) < 4.78 is 7.47. The van der Waals surface area contributed by atoms with Crippen LogP contribution >= 0.6 is 0 Å². The molecule has 0 unspecified atom stereocenters. The Morgan fingerprint density at radius 1 is 1.21 bits per heavy atom. The number of benzene rings is 1. The Bertz CT molecular complexity index is 998. The zero-order valence-corrected chi connectivity index (χ0v) is 16.0. The van der Waals surface area contributed by atoms with Crippen LogP contribution in [0.1, 0.15) is 29.9 Å². The second-order valence-electron chi connectivity index (χ2n) is 7.14. The summed E-state index contributed by atoms with van der Waals surface area (Å²) in [6, 6.07) is 12.1. The smallest absolute Gasteiger partial charge is 0.303 e. The fourth-order valence-corrected chi connectivity index (χ4v) is 3.72. The van der Waals surface area contributed by atoms with Crippen molar-refractivity contribution in [1.82, 2.24) is 19.7 Å². The van der Waals surface area contributed by atoms with Crippen LogP contribution < -0.4 is 4.74 Å². The van der Waals surface area contributed by atoms with E-state index in [1.165, 1.54) is 0 Å². The maximum Gasteiger partial charge on any atom is 0.303 e. The molecule has 0 spiro atoms. The van der Waals surface area contributed by atoms with Crippen molar-refractivity contribution in [3.8, 4) is 5.75 Å². The summed E-state index contributed by atoms with van der Waals surface area (Å²) in [6.07, 6.45) is 1.59. The largest absolute Gasteiger partial charge is 0.494 e. The van der Waals surface area contributed by atoms with Crippen molar-refractivity contribution >= 4 is 16.9 Å². The molecule has 0 saturated heterocycles. The lowest BCUT2D eigenvalue weighted by atomic mass is 10.2. The molecule has 28 heavy (non-hydrogen) atoms. The first kappa shape index (κ1) is 18.4. The Morgan fingerprint density at radius 2 is 2.11 bits per heavy atom. The SMILES string of the molecule is COc1cccc2ccc(CN3CCCn4nc(CCC(=O)O)cc4C3)nc12. The maximum atomic E-state index is 10.8. The van der Waals surface area contributed by atoms with Crippen molar-refractivity contribution in [2.75, 3.05) is 13.7 Å². The molecule has 0 fully saturated rings. The molecule has 0 atom stereocenters. The van der Waals surface area contributed by atoms with Gasteiger partial charge in [0.2, 0.25) is 0 Å². The molecule has 3 heterocycles. The second kappa shape index (κ2) is 7.98. The minimum absolute atomic E-state index is 0.114. The number of pyridine rings is 1. The van der Waals surface area contributed by atoms with E-state index in [0.717, 1.165) is 66.3 Å². The highest BCUT2D eigenvalue weighted by Crippen LogP contribution is 2.24. The van der Waals surface area contributed by atoms with Gasteiger partial charge in [-0.1, -0.05) is 18.2 Å². The minimum atomic E-state index is -0.789. The molecule has 3 aromatic rings. The average Bonchev–Trinajstić information content (AvgIpc) is 2.97. The number of aryl methyl sites for hydroxylation is 2. The number of ether oxygens (including phenoxy) is 1. The molecule has 0 aliphatic carbocycles. The topological polar surface area (TPSA) is 80.5 Å². The van der Waals surface area contributed by atoms with Gasteiger partial charge in [0.1, 0.15) is 11.3 Å². The van der Waals surface area contributed by atoms with Gasteiger partial charge >= 0.3 is 5.97 Å². The van der Waals surface area contributed by atoms with Crippen molar-refractivity contribution in [3.05, 3.63) is 53.5 Å². The Morgan fingerprint density at radius 3 is 2.93 bits per heavy atom. The lowest BCUT2D eigenvalue weighted by Crippen LogP contribution is -2.23. The molecule has 146 valence electrons. The van der Waals surface area contributed by atoms with Gasteiger partial charge in [-0.15, -0.1) is 0 Å². The van der Waals surface area contributed by atoms with E-state index in [0.29, 0.717) is 6.42 Å². The number of hydrogen-bond donors (Lipinski definition) is 1. The van der Waals surface area contributed by atoms with Gasteiger partial charge in [0.25, 0.3) is 0 Å². The van der Waals surface area contributed by atoms with Gasteiger partial charge in [-0.3, -0.25) is 14.4 Å². The van der Waals surface area contributed by atoms with Crippen molar-refractivity contribution in [2.45, 2.75) is 38.9 Å². The van der Waals surface area contributed by atoms with E-state index in [2.05, 4.69) is 22.1 Å². The fraction of sp³-hybridized carbons (Fsp3) is 0.381. The lowest BCUT2D eigenvalue weighted by molar-refractivity contribution is -0.136. The number of para-hydroxylation sites is 1. The number of methoxy groups -OCH3 is 1. The quantitative estimate of drug-likeness (QED) is 0.708. The highest BCUT2D eigenvalue weighted by molar-refractivity contribution is 5.84. The molecule has 1 aliphatic heterocycles. The number of rotatable bonds is 6. The van der Waals surface area contributed by atoms with Crippen LogP contribution in [0.25, 0.3) is 10.9 Å². The number of carboxylic acid groups (broad SMARTS) is 1. The van der Waals surface area contributed by atoms with Gasteiger partial charge in [-0.05, 0) is 24.6 Å².